The first-order valence-corrected chi connectivity index (χ1v) is 12.1. The molecule has 2 atom stereocenters. The number of likely N-dealkylation sites (tertiary alicyclic amines) is 1. The van der Waals surface area contributed by atoms with Crippen LogP contribution in [0.15, 0.2) is 16.9 Å². The standard InChI is InChI=1S/C20H34N2O5Si/c1-12(2)28(13(3)4,14(5)6)27-16-15(17-21-10-11-25-17)22(18(16)23)19(24)26-20(7,8)9/h10-16H,1-9H3/t15-,16-/m0/s1. The molecule has 0 aliphatic carbocycles. The predicted octanol–water partition coefficient (Wildman–Crippen LogP) is 5.05. The van der Waals surface area contributed by atoms with Crippen LogP contribution in [-0.4, -0.2) is 41.9 Å². The third-order valence-electron chi connectivity index (χ3n) is 5.38. The van der Waals surface area contributed by atoms with Crippen molar-refractivity contribution in [2.24, 2.45) is 0 Å². The molecule has 0 N–H and O–H groups in total. The summed E-state index contributed by atoms with van der Waals surface area (Å²) in [7, 11) is -2.34. The van der Waals surface area contributed by atoms with Crippen molar-refractivity contribution in [2.75, 3.05) is 0 Å². The van der Waals surface area contributed by atoms with Crippen molar-refractivity contribution in [3.8, 4) is 0 Å². The summed E-state index contributed by atoms with van der Waals surface area (Å²) in [5.41, 5.74) is 0.208. The number of imide groups is 1. The molecule has 158 valence electrons. The van der Waals surface area contributed by atoms with E-state index in [1.807, 2.05) is 0 Å². The first kappa shape index (κ1) is 22.6. The number of nitrogens with zero attached hydrogens (tertiary/aromatic N) is 2. The highest BCUT2D eigenvalue weighted by Gasteiger charge is 2.60. The predicted molar refractivity (Wildman–Crippen MR) is 108 cm³/mol. The highest BCUT2D eigenvalue weighted by atomic mass is 28.4. The van der Waals surface area contributed by atoms with Crippen LogP contribution in [0.25, 0.3) is 0 Å². The van der Waals surface area contributed by atoms with Crippen molar-refractivity contribution in [3.05, 3.63) is 18.4 Å². The number of rotatable bonds is 6. The summed E-state index contributed by atoms with van der Waals surface area (Å²) in [6.07, 6.45) is 1.44. The average molecular weight is 411 g/mol. The van der Waals surface area contributed by atoms with E-state index in [2.05, 4.69) is 46.5 Å². The van der Waals surface area contributed by atoms with Crippen LogP contribution in [0.4, 0.5) is 4.79 Å². The minimum Gasteiger partial charge on any atom is -0.447 e. The molecule has 1 saturated heterocycles. The number of β-lactam (4-membered cyclic amide) rings is 1. The topological polar surface area (TPSA) is 81.9 Å². The number of carbonyl (C=O) groups excluding carboxylic acids is 2. The number of hydrogen-bond acceptors (Lipinski definition) is 6. The van der Waals surface area contributed by atoms with Crippen LogP contribution in [0.1, 0.15) is 74.2 Å². The molecule has 7 nitrogen and oxygen atoms in total. The molecule has 1 aliphatic rings. The van der Waals surface area contributed by atoms with Crippen molar-refractivity contribution in [2.45, 2.75) is 96.7 Å². The van der Waals surface area contributed by atoms with Gasteiger partial charge in [-0.05, 0) is 37.4 Å². The molecule has 2 amide bonds. The molecule has 1 fully saturated rings. The van der Waals surface area contributed by atoms with E-state index in [4.69, 9.17) is 13.6 Å². The van der Waals surface area contributed by atoms with Gasteiger partial charge in [-0.2, -0.15) is 0 Å². The highest BCUT2D eigenvalue weighted by molar-refractivity contribution is 6.77. The Balaban J connectivity index is 2.38. The normalized spacial score (nSPS) is 20.9. The van der Waals surface area contributed by atoms with Crippen LogP contribution in [-0.2, 0) is 14.0 Å². The van der Waals surface area contributed by atoms with E-state index in [1.54, 1.807) is 20.8 Å². The number of carbonyl (C=O) groups is 2. The second kappa shape index (κ2) is 7.98. The molecule has 1 aromatic heterocycles. The minimum atomic E-state index is -2.34. The molecular weight excluding hydrogens is 376 g/mol. The van der Waals surface area contributed by atoms with Crippen molar-refractivity contribution >= 4 is 20.3 Å². The minimum absolute atomic E-state index is 0.287. The molecule has 2 rings (SSSR count). The van der Waals surface area contributed by atoms with Gasteiger partial charge in [0.15, 0.2) is 12.1 Å². The van der Waals surface area contributed by atoms with E-state index in [9.17, 15) is 9.59 Å². The Morgan fingerprint density at radius 2 is 1.68 bits per heavy atom. The Hall–Kier alpha value is -1.67. The van der Waals surface area contributed by atoms with Gasteiger partial charge < -0.3 is 13.6 Å². The van der Waals surface area contributed by atoms with E-state index in [1.165, 1.54) is 12.5 Å². The van der Waals surface area contributed by atoms with Gasteiger partial charge in [0.25, 0.3) is 5.91 Å². The van der Waals surface area contributed by atoms with Gasteiger partial charge in [0.1, 0.15) is 11.9 Å². The maximum Gasteiger partial charge on any atom is 0.417 e. The zero-order valence-electron chi connectivity index (χ0n) is 18.5. The number of amides is 2. The lowest BCUT2D eigenvalue weighted by atomic mass is 9.99. The van der Waals surface area contributed by atoms with Gasteiger partial charge in [-0.3, -0.25) is 4.79 Å². The summed E-state index contributed by atoms with van der Waals surface area (Å²) in [5.74, 6) is -0.106. The fraction of sp³-hybridized carbons (Fsp3) is 0.750. The van der Waals surface area contributed by atoms with Crippen LogP contribution in [0.3, 0.4) is 0 Å². The molecule has 0 unspecified atom stereocenters. The SMILES string of the molecule is CC(C)[Si](O[C@@H]1C(=O)N(C(=O)OC(C)(C)C)[C@@H]1c1ncco1)(C(C)C)C(C)C. The second-order valence-corrected chi connectivity index (χ2v) is 14.8. The molecule has 0 radical (unpaired) electrons. The van der Waals surface area contributed by atoms with Crippen molar-refractivity contribution in [1.82, 2.24) is 9.88 Å². The quantitative estimate of drug-likeness (QED) is 0.482. The molecule has 0 spiro atoms. The van der Waals surface area contributed by atoms with Crippen molar-refractivity contribution in [3.63, 3.8) is 0 Å². The number of oxazole rings is 1. The summed E-state index contributed by atoms with van der Waals surface area (Å²) in [5, 5.41) is 0. The van der Waals surface area contributed by atoms with E-state index in [-0.39, 0.29) is 5.89 Å². The first-order valence-electron chi connectivity index (χ1n) is 9.96. The zero-order valence-corrected chi connectivity index (χ0v) is 19.5. The summed E-state index contributed by atoms with van der Waals surface area (Å²) in [6, 6.07) is -0.708. The summed E-state index contributed by atoms with van der Waals surface area (Å²) in [6.45, 7) is 18.2. The number of hydrogen-bond donors (Lipinski definition) is 0. The Morgan fingerprint density at radius 3 is 2.07 bits per heavy atom. The lowest BCUT2D eigenvalue weighted by Gasteiger charge is -2.50. The van der Waals surface area contributed by atoms with Gasteiger partial charge in [0.2, 0.25) is 14.2 Å². The fourth-order valence-electron chi connectivity index (χ4n) is 4.34. The van der Waals surface area contributed by atoms with E-state index in [0.717, 1.165) is 4.90 Å². The molecule has 0 bridgehead atoms. The van der Waals surface area contributed by atoms with Crippen LogP contribution < -0.4 is 0 Å². The molecule has 8 heteroatoms. The molecule has 1 aliphatic heterocycles. The maximum atomic E-state index is 13.0. The largest absolute Gasteiger partial charge is 0.447 e. The van der Waals surface area contributed by atoms with Gasteiger partial charge in [-0.15, -0.1) is 0 Å². The molecular formula is C20H34N2O5Si. The van der Waals surface area contributed by atoms with Gasteiger partial charge in [0.05, 0.1) is 6.20 Å². The van der Waals surface area contributed by atoms with Gasteiger partial charge in [0, 0.05) is 0 Å². The third-order valence-corrected chi connectivity index (χ3v) is 11.5. The Kier molecular flexibility index (Phi) is 6.45. The molecule has 0 aromatic carbocycles. The van der Waals surface area contributed by atoms with Crippen molar-refractivity contribution < 1.29 is 23.2 Å². The summed E-state index contributed by atoms with van der Waals surface area (Å²) in [4.78, 5) is 30.9. The monoisotopic (exact) mass is 410 g/mol. The fourth-order valence-corrected chi connectivity index (χ4v) is 9.83. The van der Waals surface area contributed by atoms with Crippen LogP contribution in [0, 0.1) is 0 Å². The van der Waals surface area contributed by atoms with Crippen LogP contribution in [0.5, 0.6) is 0 Å². The molecule has 0 saturated carbocycles. The Morgan fingerprint density at radius 1 is 1.14 bits per heavy atom. The Labute approximate surface area is 168 Å². The molecule has 1 aromatic rings. The smallest absolute Gasteiger partial charge is 0.417 e. The average Bonchev–Trinajstić information content (AvgIpc) is 3.03. The van der Waals surface area contributed by atoms with Gasteiger partial charge in [-0.1, -0.05) is 41.5 Å². The zero-order chi connectivity index (χ0) is 21.4. The lowest BCUT2D eigenvalue weighted by molar-refractivity contribution is -0.164. The van der Waals surface area contributed by atoms with E-state index < -0.39 is 38.1 Å². The van der Waals surface area contributed by atoms with Crippen LogP contribution in [0.2, 0.25) is 16.6 Å². The molecule has 28 heavy (non-hydrogen) atoms. The summed E-state index contributed by atoms with van der Waals surface area (Å²) >= 11 is 0. The van der Waals surface area contributed by atoms with E-state index >= 15 is 0 Å². The second-order valence-electron chi connectivity index (χ2n) is 9.36. The summed E-state index contributed by atoms with van der Waals surface area (Å²) < 4.78 is 17.5. The Bertz CT molecular complexity index is 672. The van der Waals surface area contributed by atoms with Crippen LogP contribution >= 0.6 is 0 Å². The molecule has 2 heterocycles. The lowest BCUT2D eigenvalue weighted by Crippen LogP contribution is -2.66. The first-order chi connectivity index (χ1) is 12.8. The highest BCUT2D eigenvalue weighted by Crippen LogP contribution is 2.47. The third kappa shape index (κ3) is 4.03. The number of ether oxygens (including phenoxy) is 1. The van der Waals surface area contributed by atoms with Gasteiger partial charge >= 0.3 is 6.09 Å². The van der Waals surface area contributed by atoms with Crippen molar-refractivity contribution in [1.29, 1.82) is 0 Å². The van der Waals surface area contributed by atoms with E-state index in [0.29, 0.717) is 16.6 Å². The van der Waals surface area contributed by atoms with Gasteiger partial charge in [-0.25, -0.2) is 14.7 Å². The maximum absolute atomic E-state index is 13.0. The number of aromatic nitrogens is 1.